The lowest BCUT2D eigenvalue weighted by Gasteiger charge is -2.32. The second-order valence-electron chi connectivity index (χ2n) is 13.5. The minimum absolute atomic E-state index is 0.0837. The fourth-order valence-electron chi connectivity index (χ4n) is 8.23. The van der Waals surface area contributed by atoms with Crippen molar-refractivity contribution in [3.8, 4) is 11.8 Å². The van der Waals surface area contributed by atoms with Crippen molar-refractivity contribution in [2.75, 3.05) is 26.2 Å². The maximum atomic E-state index is 13.5. The van der Waals surface area contributed by atoms with E-state index in [1.807, 2.05) is 0 Å². The zero-order valence-corrected chi connectivity index (χ0v) is 25.2. The highest BCUT2D eigenvalue weighted by Crippen LogP contribution is 2.37. The summed E-state index contributed by atoms with van der Waals surface area (Å²) in [5.74, 6) is 9.33. The van der Waals surface area contributed by atoms with Gasteiger partial charge in [-0.3, -0.25) is 9.63 Å². The van der Waals surface area contributed by atoms with E-state index in [0.717, 1.165) is 70.3 Å². The Morgan fingerprint density at radius 3 is 2.40 bits per heavy atom. The van der Waals surface area contributed by atoms with Crippen molar-refractivity contribution in [2.45, 2.75) is 120 Å². The molecule has 0 aromatic heterocycles. The molecule has 4 N–H and O–H groups in total. The lowest BCUT2D eigenvalue weighted by molar-refractivity contribution is -0.193. The molecule has 5 aliphatic rings. The van der Waals surface area contributed by atoms with Crippen molar-refractivity contribution in [1.29, 1.82) is 0 Å². The third kappa shape index (κ3) is 7.54. The Bertz CT molecular complexity index is 877. The molecular formula is C32H52ClN3O4. The molecule has 0 spiro atoms. The van der Waals surface area contributed by atoms with Crippen molar-refractivity contribution in [3.05, 3.63) is 0 Å². The Labute approximate surface area is 246 Å². The predicted octanol–water partition coefficient (Wildman–Crippen LogP) is 3.85. The number of halogens is 1. The van der Waals surface area contributed by atoms with Crippen LogP contribution in [0.15, 0.2) is 0 Å². The topological polar surface area (TPSA) is 94.1 Å². The first-order valence-corrected chi connectivity index (χ1v) is 16.7. The van der Waals surface area contributed by atoms with E-state index in [-0.39, 0.29) is 12.5 Å². The molecule has 226 valence electrons. The van der Waals surface area contributed by atoms with E-state index in [2.05, 4.69) is 22.5 Å². The van der Waals surface area contributed by atoms with Gasteiger partial charge in [0, 0.05) is 42.3 Å². The lowest BCUT2D eigenvalue weighted by Crippen LogP contribution is -2.49. The second-order valence-corrected chi connectivity index (χ2v) is 14.1. The molecule has 40 heavy (non-hydrogen) atoms. The standard InChI is InChI=1S/C32H52ClN3O4/c1-21(38)31-28(20-37)30(32(39)34-17-16-25-18-35-29-5-3-2-4-27(25)29)36(40-31)19-24-10-8-22(9-11-24)6-7-23-12-14-26(33)15-13-23/h21-31,35,37-38H,2-5,8-20H2,1H3,(H,34,39)/t21-,22?,23?,24?,25?,26?,27?,28-,29?,30-,31-/m1/s1. The summed E-state index contributed by atoms with van der Waals surface area (Å²) in [7, 11) is 0. The number of amides is 1. The zero-order chi connectivity index (χ0) is 28.1. The Hall–Kier alpha value is -0.880. The molecule has 2 saturated heterocycles. The summed E-state index contributed by atoms with van der Waals surface area (Å²) in [5, 5.41) is 29.7. The summed E-state index contributed by atoms with van der Waals surface area (Å²) in [6.07, 6.45) is 13.6. The normalized spacial score (nSPS) is 41.1. The molecular weight excluding hydrogens is 526 g/mol. The molecule has 8 heteroatoms. The molecule has 0 aromatic rings. The van der Waals surface area contributed by atoms with Crippen LogP contribution < -0.4 is 10.6 Å². The van der Waals surface area contributed by atoms with Gasteiger partial charge in [0.25, 0.3) is 0 Å². The van der Waals surface area contributed by atoms with Crippen LogP contribution in [0.4, 0.5) is 0 Å². The van der Waals surface area contributed by atoms with Crippen LogP contribution in [-0.4, -0.2) is 77.1 Å². The van der Waals surface area contributed by atoms with Crippen LogP contribution in [0.3, 0.4) is 0 Å². The van der Waals surface area contributed by atoms with Gasteiger partial charge in [0.1, 0.15) is 12.1 Å². The number of nitrogens with one attached hydrogen (secondary N) is 2. The molecule has 0 aromatic carbocycles. The predicted molar refractivity (Wildman–Crippen MR) is 157 cm³/mol. The molecule has 2 heterocycles. The molecule has 0 radical (unpaired) electrons. The third-order valence-electron chi connectivity index (χ3n) is 10.7. The number of carbonyl (C=O) groups excluding carboxylic acids is 1. The number of carbonyl (C=O) groups is 1. The van der Waals surface area contributed by atoms with E-state index in [1.165, 1.54) is 25.7 Å². The van der Waals surface area contributed by atoms with Crippen molar-refractivity contribution in [1.82, 2.24) is 15.7 Å². The number of rotatable bonds is 8. The number of aliphatic hydroxyl groups excluding tert-OH is 2. The van der Waals surface area contributed by atoms with Gasteiger partial charge in [-0.05, 0) is 102 Å². The summed E-state index contributed by atoms with van der Waals surface area (Å²) in [5.41, 5.74) is 0. The summed E-state index contributed by atoms with van der Waals surface area (Å²) in [6.45, 7) is 3.84. The molecule has 3 unspecified atom stereocenters. The largest absolute Gasteiger partial charge is 0.396 e. The summed E-state index contributed by atoms with van der Waals surface area (Å²) in [6, 6.07) is 0.0778. The van der Waals surface area contributed by atoms with Gasteiger partial charge < -0.3 is 20.8 Å². The van der Waals surface area contributed by atoms with Crippen LogP contribution in [0.1, 0.15) is 90.4 Å². The van der Waals surface area contributed by atoms with Gasteiger partial charge in [0.2, 0.25) is 5.91 Å². The van der Waals surface area contributed by atoms with Gasteiger partial charge >= 0.3 is 0 Å². The number of hydroxylamine groups is 2. The highest BCUT2D eigenvalue weighted by molar-refractivity contribution is 6.20. The second kappa shape index (κ2) is 14.5. The van der Waals surface area contributed by atoms with Crippen LogP contribution in [0.25, 0.3) is 0 Å². The fourth-order valence-corrected chi connectivity index (χ4v) is 8.49. The average molecular weight is 578 g/mol. The minimum atomic E-state index is -0.759. The number of nitrogens with zero attached hydrogens (tertiary/aromatic N) is 1. The van der Waals surface area contributed by atoms with Crippen molar-refractivity contribution in [2.24, 2.45) is 35.5 Å². The molecule has 5 fully saturated rings. The third-order valence-corrected chi connectivity index (χ3v) is 11.1. The Kier molecular flexibility index (Phi) is 11.1. The van der Waals surface area contributed by atoms with E-state index in [1.54, 1.807) is 12.0 Å². The number of alkyl halides is 1. The summed E-state index contributed by atoms with van der Waals surface area (Å²) in [4.78, 5) is 19.7. The fraction of sp³-hybridized carbons (Fsp3) is 0.906. The number of hydrogen-bond donors (Lipinski definition) is 4. The maximum absolute atomic E-state index is 13.5. The Balaban J connectivity index is 1.12. The van der Waals surface area contributed by atoms with E-state index < -0.39 is 24.2 Å². The SMILES string of the molecule is C[C@@H](O)[C@H]1ON(CC2CCC(C#CC3CCC(Cl)CC3)CC2)[C@@H](C(=O)NCCC2CNC3CCCCC23)[C@H]1CO. The van der Waals surface area contributed by atoms with Crippen molar-refractivity contribution >= 4 is 17.5 Å². The van der Waals surface area contributed by atoms with Gasteiger partial charge in [-0.25, -0.2) is 0 Å². The highest BCUT2D eigenvalue weighted by atomic mass is 35.5. The van der Waals surface area contributed by atoms with E-state index in [9.17, 15) is 15.0 Å². The number of aliphatic hydroxyl groups is 2. The Morgan fingerprint density at radius 2 is 1.73 bits per heavy atom. The number of fused-ring (bicyclic) bond motifs is 1. The first kappa shape index (κ1) is 30.6. The highest BCUT2D eigenvalue weighted by Gasteiger charge is 2.49. The van der Waals surface area contributed by atoms with Crippen LogP contribution >= 0.6 is 11.6 Å². The van der Waals surface area contributed by atoms with E-state index in [4.69, 9.17) is 16.4 Å². The lowest BCUT2D eigenvalue weighted by atomic mass is 9.79. The van der Waals surface area contributed by atoms with Gasteiger partial charge in [0.05, 0.1) is 12.7 Å². The molecule has 7 atom stereocenters. The number of hydrogen-bond acceptors (Lipinski definition) is 6. The molecule has 5 rings (SSSR count). The molecule has 7 nitrogen and oxygen atoms in total. The van der Waals surface area contributed by atoms with Gasteiger partial charge in [0.15, 0.2) is 0 Å². The molecule has 2 aliphatic heterocycles. The maximum Gasteiger partial charge on any atom is 0.240 e. The molecule has 3 saturated carbocycles. The summed E-state index contributed by atoms with van der Waals surface area (Å²) < 4.78 is 0. The van der Waals surface area contributed by atoms with Gasteiger partial charge in [-0.1, -0.05) is 24.7 Å². The van der Waals surface area contributed by atoms with Gasteiger partial charge in [-0.2, -0.15) is 5.06 Å². The first-order chi connectivity index (χ1) is 19.4. The smallest absolute Gasteiger partial charge is 0.240 e. The molecule has 3 aliphatic carbocycles. The first-order valence-electron chi connectivity index (χ1n) is 16.3. The van der Waals surface area contributed by atoms with E-state index in [0.29, 0.717) is 48.2 Å². The van der Waals surface area contributed by atoms with Crippen molar-refractivity contribution < 1.29 is 19.8 Å². The summed E-state index contributed by atoms with van der Waals surface area (Å²) >= 11 is 6.25. The average Bonchev–Trinajstić information content (AvgIpc) is 3.55. The van der Waals surface area contributed by atoms with Crippen molar-refractivity contribution in [3.63, 3.8) is 0 Å². The van der Waals surface area contributed by atoms with Crippen LogP contribution in [-0.2, 0) is 9.63 Å². The van der Waals surface area contributed by atoms with Crippen LogP contribution in [0, 0.1) is 47.3 Å². The Morgan fingerprint density at radius 1 is 1.05 bits per heavy atom. The monoisotopic (exact) mass is 577 g/mol. The van der Waals surface area contributed by atoms with E-state index >= 15 is 0 Å². The molecule has 1 amide bonds. The van der Waals surface area contributed by atoms with Crippen LogP contribution in [0.5, 0.6) is 0 Å². The quantitative estimate of drug-likeness (QED) is 0.259. The van der Waals surface area contributed by atoms with Crippen LogP contribution in [0.2, 0.25) is 0 Å². The van der Waals surface area contributed by atoms with Gasteiger partial charge in [-0.15, -0.1) is 11.6 Å². The molecule has 0 bridgehead atoms. The minimum Gasteiger partial charge on any atom is -0.396 e. The zero-order valence-electron chi connectivity index (χ0n) is 24.4.